The van der Waals surface area contributed by atoms with Gasteiger partial charge >= 0.3 is 5.97 Å². The molecule has 1 aliphatic carbocycles. The summed E-state index contributed by atoms with van der Waals surface area (Å²) in [6, 6.07) is -0.569. The number of thiazole rings is 1. The van der Waals surface area contributed by atoms with Crippen LogP contribution in [0.25, 0.3) is 0 Å². The lowest BCUT2D eigenvalue weighted by atomic mass is 9.82. The number of rotatable bonds is 12. The van der Waals surface area contributed by atoms with E-state index in [0.717, 1.165) is 31.4 Å². The smallest absolute Gasteiger partial charge is 0.307 e. The van der Waals surface area contributed by atoms with Crippen molar-refractivity contribution in [2.45, 2.75) is 116 Å². The average Bonchev–Trinajstić information content (AvgIpc) is 3.24. The summed E-state index contributed by atoms with van der Waals surface area (Å²) in [6.45, 7) is 9.39. The molecular formula is C26H44N2O5S. The second kappa shape index (κ2) is 13.5. The van der Waals surface area contributed by atoms with E-state index in [1.165, 1.54) is 17.8 Å². The Morgan fingerprint density at radius 2 is 1.88 bits per heavy atom. The predicted octanol–water partition coefficient (Wildman–Crippen LogP) is 4.26. The summed E-state index contributed by atoms with van der Waals surface area (Å²) in [5.41, 5.74) is 1.81. The highest BCUT2D eigenvalue weighted by molar-refractivity contribution is 7.07. The molecule has 0 spiro atoms. The van der Waals surface area contributed by atoms with Crippen LogP contribution in [0.1, 0.15) is 91.7 Å². The van der Waals surface area contributed by atoms with Crippen LogP contribution >= 0.6 is 11.3 Å². The topological polar surface area (TPSA) is 109 Å². The van der Waals surface area contributed by atoms with E-state index in [2.05, 4.69) is 10.3 Å². The highest BCUT2D eigenvalue weighted by Gasteiger charge is 2.34. The number of aromatic nitrogens is 1. The first kappa shape index (κ1) is 28.7. The van der Waals surface area contributed by atoms with Crippen molar-refractivity contribution in [2.75, 3.05) is 0 Å². The van der Waals surface area contributed by atoms with Crippen molar-refractivity contribution in [3.05, 3.63) is 16.6 Å². The molecule has 3 N–H and O–H groups in total. The summed E-state index contributed by atoms with van der Waals surface area (Å²) in [5.74, 6) is -0.786. The highest BCUT2D eigenvalue weighted by atomic mass is 32.1. The molecular weight excluding hydrogens is 452 g/mol. The fourth-order valence-electron chi connectivity index (χ4n) is 4.69. The molecule has 0 aliphatic heterocycles. The number of nitrogens with one attached hydrogen (secondary N) is 1. The van der Waals surface area contributed by atoms with Crippen LogP contribution in [0, 0.1) is 17.8 Å². The van der Waals surface area contributed by atoms with Crippen LogP contribution in [0.2, 0.25) is 0 Å². The Labute approximate surface area is 208 Å². The van der Waals surface area contributed by atoms with Gasteiger partial charge in [0.25, 0.3) is 0 Å². The molecule has 0 radical (unpaired) electrons. The van der Waals surface area contributed by atoms with Crippen molar-refractivity contribution in [1.29, 1.82) is 0 Å². The van der Waals surface area contributed by atoms with Gasteiger partial charge in [-0.1, -0.05) is 46.0 Å². The third kappa shape index (κ3) is 10.4. The zero-order chi connectivity index (χ0) is 25.3. The third-order valence-electron chi connectivity index (χ3n) is 6.30. The van der Waals surface area contributed by atoms with E-state index in [1.807, 2.05) is 19.2 Å². The van der Waals surface area contributed by atoms with E-state index < -0.39 is 35.7 Å². The molecule has 1 fully saturated rings. The van der Waals surface area contributed by atoms with Gasteiger partial charge in [0.05, 0.1) is 35.7 Å². The second-order valence-corrected chi connectivity index (χ2v) is 11.9. The molecule has 1 aromatic heterocycles. The molecule has 1 amide bonds. The molecule has 8 heteroatoms. The van der Waals surface area contributed by atoms with E-state index >= 15 is 0 Å². The molecule has 0 bridgehead atoms. The Morgan fingerprint density at radius 3 is 2.44 bits per heavy atom. The lowest BCUT2D eigenvalue weighted by Crippen LogP contribution is -2.51. The predicted molar refractivity (Wildman–Crippen MR) is 134 cm³/mol. The van der Waals surface area contributed by atoms with Crippen molar-refractivity contribution >= 4 is 23.2 Å². The average molecular weight is 497 g/mol. The Bertz CT molecular complexity index is 741. The van der Waals surface area contributed by atoms with Crippen molar-refractivity contribution in [3.63, 3.8) is 0 Å². The number of carbonyl (C=O) groups is 2. The molecule has 2 rings (SSSR count). The van der Waals surface area contributed by atoms with Crippen LogP contribution in [-0.4, -0.2) is 50.9 Å². The van der Waals surface area contributed by atoms with Crippen LogP contribution < -0.4 is 5.32 Å². The summed E-state index contributed by atoms with van der Waals surface area (Å²) in [7, 11) is 0. The quantitative estimate of drug-likeness (QED) is 0.373. The highest BCUT2D eigenvalue weighted by Crippen LogP contribution is 2.29. The van der Waals surface area contributed by atoms with Gasteiger partial charge in [-0.3, -0.25) is 9.59 Å². The standard InChI is InChI=1S/C26H44N2O5S/c1-17(2)11-22(29)24(31)21(12-18-9-7-6-8-10-18)28-25(32)19(13-20-15-34-16-27-20)14-23(30)33-26(3,4)5/h15-19,21-22,24,29,31H,6-14H2,1-5H3,(H,28,32)/t19-,21+,22+,24-/m1/s1. The van der Waals surface area contributed by atoms with Gasteiger partial charge in [0.1, 0.15) is 11.7 Å². The maximum atomic E-state index is 13.4. The third-order valence-corrected chi connectivity index (χ3v) is 6.94. The lowest BCUT2D eigenvalue weighted by Gasteiger charge is -2.33. The zero-order valence-corrected chi connectivity index (χ0v) is 22.3. The molecule has 4 atom stereocenters. The first-order chi connectivity index (χ1) is 15.9. The largest absolute Gasteiger partial charge is 0.460 e. The summed E-state index contributed by atoms with van der Waals surface area (Å²) >= 11 is 1.44. The number of amides is 1. The molecule has 1 heterocycles. The van der Waals surface area contributed by atoms with Gasteiger partial charge in [0.2, 0.25) is 5.91 Å². The van der Waals surface area contributed by atoms with Crippen molar-refractivity contribution in [2.24, 2.45) is 17.8 Å². The molecule has 0 aromatic carbocycles. The maximum Gasteiger partial charge on any atom is 0.307 e. The van der Waals surface area contributed by atoms with Gasteiger partial charge in [-0.15, -0.1) is 11.3 Å². The minimum absolute atomic E-state index is 0.0680. The van der Waals surface area contributed by atoms with E-state index in [9.17, 15) is 19.8 Å². The first-order valence-electron chi connectivity index (χ1n) is 12.7. The Morgan fingerprint density at radius 1 is 1.21 bits per heavy atom. The molecule has 1 aliphatic rings. The summed E-state index contributed by atoms with van der Waals surface area (Å²) in [4.78, 5) is 30.3. The summed E-state index contributed by atoms with van der Waals surface area (Å²) in [6.07, 6.45) is 5.01. The molecule has 7 nitrogen and oxygen atoms in total. The zero-order valence-electron chi connectivity index (χ0n) is 21.5. The minimum Gasteiger partial charge on any atom is -0.460 e. The molecule has 0 unspecified atom stereocenters. The minimum atomic E-state index is -1.06. The SMILES string of the molecule is CC(C)C[C@H](O)[C@H](O)[C@H](CC1CCCCC1)NC(=O)[C@@H](CC(=O)OC(C)(C)C)Cc1cscn1. The molecule has 34 heavy (non-hydrogen) atoms. The van der Waals surface area contributed by atoms with Crippen LogP contribution in [-0.2, 0) is 20.7 Å². The first-order valence-corrected chi connectivity index (χ1v) is 13.6. The summed E-state index contributed by atoms with van der Waals surface area (Å²) in [5, 5.41) is 26.5. The van der Waals surface area contributed by atoms with Crippen LogP contribution in [0.4, 0.5) is 0 Å². The maximum absolute atomic E-state index is 13.4. The van der Waals surface area contributed by atoms with Crippen molar-refractivity contribution in [1.82, 2.24) is 10.3 Å². The number of carbonyl (C=O) groups excluding carboxylic acids is 2. The van der Waals surface area contributed by atoms with Crippen molar-refractivity contribution < 1.29 is 24.5 Å². The van der Waals surface area contributed by atoms with E-state index in [1.54, 1.807) is 26.3 Å². The number of ether oxygens (including phenoxy) is 1. The van der Waals surface area contributed by atoms with E-state index in [-0.39, 0.29) is 18.2 Å². The van der Waals surface area contributed by atoms with E-state index in [0.29, 0.717) is 25.2 Å². The van der Waals surface area contributed by atoms with E-state index in [4.69, 9.17) is 4.74 Å². The Kier molecular flexibility index (Phi) is 11.4. The Hall–Kier alpha value is -1.51. The van der Waals surface area contributed by atoms with Crippen molar-refractivity contribution in [3.8, 4) is 0 Å². The monoisotopic (exact) mass is 496 g/mol. The summed E-state index contributed by atoms with van der Waals surface area (Å²) < 4.78 is 5.47. The molecule has 194 valence electrons. The molecule has 0 saturated heterocycles. The normalized spacial score (nSPS) is 18.8. The van der Waals surface area contributed by atoms with Crippen LogP contribution in [0.3, 0.4) is 0 Å². The fourth-order valence-corrected chi connectivity index (χ4v) is 5.26. The van der Waals surface area contributed by atoms with Crippen LogP contribution in [0.5, 0.6) is 0 Å². The van der Waals surface area contributed by atoms with Gasteiger partial charge < -0.3 is 20.3 Å². The van der Waals surface area contributed by atoms with Gasteiger partial charge in [0, 0.05) is 11.8 Å². The number of nitrogens with zero attached hydrogens (tertiary/aromatic N) is 1. The second-order valence-electron chi connectivity index (χ2n) is 11.2. The fraction of sp³-hybridized carbons (Fsp3) is 0.808. The number of esters is 1. The van der Waals surface area contributed by atoms with Crippen LogP contribution in [0.15, 0.2) is 10.9 Å². The number of hydrogen-bond donors (Lipinski definition) is 3. The number of aliphatic hydroxyl groups is 2. The molecule has 1 aromatic rings. The van der Waals surface area contributed by atoms with Gasteiger partial charge in [-0.25, -0.2) is 4.98 Å². The molecule has 1 saturated carbocycles. The van der Waals surface area contributed by atoms with Gasteiger partial charge in [-0.05, 0) is 45.4 Å². The van der Waals surface area contributed by atoms with Gasteiger partial charge in [-0.2, -0.15) is 0 Å². The Balaban J connectivity index is 2.16. The van der Waals surface area contributed by atoms with Gasteiger partial charge in [0.15, 0.2) is 0 Å². The lowest BCUT2D eigenvalue weighted by molar-refractivity contribution is -0.157. The number of aliphatic hydroxyl groups excluding tert-OH is 2. The number of hydrogen-bond acceptors (Lipinski definition) is 7.